The third kappa shape index (κ3) is 4.28. The summed E-state index contributed by atoms with van der Waals surface area (Å²) < 4.78 is 5.82. The molecule has 0 aromatic rings. The number of ether oxygens (including phenoxy) is 1. The van der Waals surface area contributed by atoms with Gasteiger partial charge in [-0.3, -0.25) is 4.79 Å². The first-order chi connectivity index (χ1) is 17.7. The molecule has 4 fully saturated rings. The molecule has 0 radical (unpaired) electrons. The Kier molecular flexibility index (Phi) is 7.78. The van der Waals surface area contributed by atoms with E-state index < -0.39 is 41.1 Å². The molecule has 4 rings (SSSR count). The van der Waals surface area contributed by atoms with Crippen LogP contribution in [0.2, 0.25) is 0 Å². The molecule has 10 atom stereocenters. The Morgan fingerprint density at radius 1 is 1.11 bits per heavy atom. The minimum Gasteiger partial charge on any atom is -0.478 e. The number of aliphatic carboxylic acids is 1. The molecule has 0 aromatic heterocycles. The van der Waals surface area contributed by atoms with Gasteiger partial charge in [0.2, 0.25) is 0 Å². The topological polar surface area (TPSA) is 156 Å². The van der Waals surface area contributed by atoms with Crippen molar-refractivity contribution in [2.24, 2.45) is 45.5 Å². The van der Waals surface area contributed by atoms with Gasteiger partial charge in [0, 0.05) is 13.0 Å². The Bertz CT molecular complexity index is 1060. The molecular weight excluding hydrogens is 484 g/mol. The van der Waals surface area contributed by atoms with Crippen molar-refractivity contribution in [3.05, 3.63) is 34.9 Å². The van der Waals surface area contributed by atoms with E-state index in [0.717, 1.165) is 24.8 Å². The molecular formula is C30H46N2O6. The van der Waals surface area contributed by atoms with Crippen LogP contribution in [0.25, 0.3) is 0 Å². The zero-order valence-electron chi connectivity index (χ0n) is 23.4. The largest absolute Gasteiger partial charge is 0.478 e. The summed E-state index contributed by atoms with van der Waals surface area (Å²) in [6, 6.07) is -0.353. The third-order valence-electron chi connectivity index (χ3n) is 10.9. The van der Waals surface area contributed by atoms with Crippen LogP contribution in [-0.2, 0) is 14.3 Å². The number of aliphatic hydroxyl groups is 2. The lowest BCUT2D eigenvalue weighted by Gasteiger charge is -2.69. The van der Waals surface area contributed by atoms with E-state index in [2.05, 4.69) is 13.8 Å². The highest BCUT2D eigenvalue weighted by Crippen LogP contribution is 2.73. The Morgan fingerprint density at radius 3 is 2.37 bits per heavy atom. The fourth-order valence-electron chi connectivity index (χ4n) is 9.38. The van der Waals surface area contributed by atoms with Crippen molar-refractivity contribution in [3.63, 3.8) is 0 Å². The summed E-state index contributed by atoms with van der Waals surface area (Å²) in [5.41, 5.74) is 13.6. The van der Waals surface area contributed by atoms with Gasteiger partial charge in [-0.15, -0.1) is 0 Å². The predicted molar refractivity (Wildman–Crippen MR) is 145 cm³/mol. The van der Waals surface area contributed by atoms with Crippen LogP contribution in [0.5, 0.6) is 0 Å². The quantitative estimate of drug-likeness (QED) is 0.206. The fourth-order valence-corrected chi connectivity index (χ4v) is 9.38. The second-order valence-electron chi connectivity index (χ2n) is 13.0. The summed E-state index contributed by atoms with van der Waals surface area (Å²) in [5.74, 6) is -1.96. The molecule has 7 N–H and O–H groups in total. The molecule has 0 saturated heterocycles. The van der Waals surface area contributed by atoms with Crippen LogP contribution in [0.1, 0.15) is 73.1 Å². The van der Waals surface area contributed by atoms with E-state index in [1.165, 1.54) is 6.92 Å². The molecule has 8 nitrogen and oxygen atoms in total. The van der Waals surface area contributed by atoms with Gasteiger partial charge in [-0.2, -0.15) is 0 Å². The van der Waals surface area contributed by atoms with Crippen LogP contribution in [0.4, 0.5) is 0 Å². The standard InChI is InChI=1S/C30H46N2O6/c1-16(2)7-6-8-18(27(36)37)24-20-13-22(35)26-28(4)11-10-21(34)25(32)19(28)9-12-30(26,15-31)29(20,5)14-23(24)38-17(3)33/h6-8,19-23,25-26,34-35H,9-15,31-32H2,1-5H3,(H,36,37)/b8-6+,24-18-/t19-,20-,21+,22+,23-,25-,26-,28-,29-,30+/m0/s1. The van der Waals surface area contributed by atoms with E-state index in [9.17, 15) is 24.9 Å². The van der Waals surface area contributed by atoms with Crippen LogP contribution in [0.15, 0.2) is 34.9 Å². The monoisotopic (exact) mass is 530 g/mol. The summed E-state index contributed by atoms with van der Waals surface area (Å²) in [4.78, 5) is 24.8. The van der Waals surface area contributed by atoms with E-state index in [1.54, 1.807) is 12.2 Å². The molecule has 212 valence electrons. The lowest BCUT2D eigenvalue weighted by molar-refractivity contribution is -0.230. The smallest absolute Gasteiger partial charge is 0.335 e. The third-order valence-corrected chi connectivity index (χ3v) is 10.9. The van der Waals surface area contributed by atoms with E-state index in [-0.39, 0.29) is 34.8 Å². The maximum atomic E-state index is 12.6. The summed E-state index contributed by atoms with van der Waals surface area (Å²) in [6.45, 7) is 9.90. The number of fused-ring (bicyclic) bond motifs is 5. The molecule has 0 amide bonds. The molecule has 38 heavy (non-hydrogen) atoms. The predicted octanol–water partition coefficient (Wildman–Crippen LogP) is 3.07. The number of hydrogen-bond acceptors (Lipinski definition) is 7. The van der Waals surface area contributed by atoms with Crippen molar-refractivity contribution in [2.45, 2.75) is 97.5 Å². The van der Waals surface area contributed by atoms with Crippen LogP contribution in [0, 0.1) is 34.0 Å². The maximum Gasteiger partial charge on any atom is 0.335 e. The van der Waals surface area contributed by atoms with Gasteiger partial charge in [0.05, 0.1) is 17.8 Å². The fraction of sp³-hybridized carbons (Fsp3) is 0.733. The first-order valence-corrected chi connectivity index (χ1v) is 14.0. The Balaban J connectivity index is 1.89. The lowest BCUT2D eigenvalue weighted by Crippen LogP contribution is -2.70. The van der Waals surface area contributed by atoms with Gasteiger partial charge in [-0.25, -0.2) is 4.79 Å². The second kappa shape index (κ2) is 10.2. The van der Waals surface area contributed by atoms with Gasteiger partial charge in [0.25, 0.3) is 0 Å². The molecule has 8 heteroatoms. The second-order valence-corrected chi connectivity index (χ2v) is 13.0. The number of carboxylic acid groups (broad SMARTS) is 1. The molecule has 4 aliphatic rings. The number of carbonyl (C=O) groups excluding carboxylic acids is 1. The molecule has 0 heterocycles. The zero-order chi connectivity index (χ0) is 28.2. The number of nitrogens with two attached hydrogens (primary N) is 2. The van der Waals surface area contributed by atoms with E-state index in [0.29, 0.717) is 31.4 Å². The number of hydrogen-bond donors (Lipinski definition) is 5. The van der Waals surface area contributed by atoms with Crippen molar-refractivity contribution >= 4 is 11.9 Å². The Morgan fingerprint density at radius 2 is 1.79 bits per heavy atom. The average molecular weight is 531 g/mol. The summed E-state index contributed by atoms with van der Waals surface area (Å²) in [7, 11) is 0. The normalized spacial score (nSPS) is 45.6. The first-order valence-electron chi connectivity index (χ1n) is 14.0. The van der Waals surface area contributed by atoms with E-state index in [1.807, 2.05) is 19.9 Å². The number of rotatable bonds is 5. The first kappa shape index (κ1) is 29.0. The van der Waals surface area contributed by atoms with Crippen molar-refractivity contribution in [1.82, 2.24) is 0 Å². The number of aliphatic hydroxyl groups excluding tert-OH is 2. The summed E-state index contributed by atoms with van der Waals surface area (Å²) in [6.07, 6.45) is 6.80. The molecule has 0 spiro atoms. The van der Waals surface area contributed by atoms with Gasteiger partial charge in [0.1, 0.15) is 6.10 Å². The Hall–Kier alpha value is -2.00. The molecule has 4 aliphatic carbocycles. The van der Waals surface area contributed by atoms with Crippen LogP contribution >= 0.6 is 0 Å². The highest BCUT2D eigenvalue weighted by molar-refractivity contribution is 5.91. The Labute approximate surface area is 226 Å². The summed E-state index contributed by atoms with van der Waals surface area (Å²) >= 11 is 0. The highest BCUT2D eigenvalue weighted by Gasteiger charge is 2.72. The van der Waals surface area contributed by atoms with Gasteiger partial charge >= 0.3 is 11.9 Å². The molecule has 0 aliphatic heterocycles. The van der Waals surface area contributed by atoms with Gasteiger partial charge < -0.3 is 31.5 Å². The van der Waals surface area contributed by atoms with E-state index >= 15 is 0 Å². The van der Waals surface area contributed by atoms with Gasteiger partial charge in [-0.1, -0.05) is 31.6 Å². The number of esters is 1. The van der Waals surface area contributed by atoms with Crippen molar-refractivity contribution in [2.75, 3.05) is 6.54 Å². The number of carboxylic acids is 1. The maximum absolute atomic E-state index is 12.6. The van der Waals surface area contributed by atoms with Crippen LogP contribution < -0.4 is 11.5 Å². The van der Waals surface area contributed by atoms with Crippen molar-refractivity contribution in [3.8, 4) is 0 Å². The van der Waals surface area contributed by atoms with Crippen molar-refractivity contribution in [1.29, 1.82) is 0 Å². The molecule has 0 unspecified atom stereocenters. The molecule has 0 aromatic carbocycles. The lowest BCUT2D eigenvalue weighted by atomic mass is 9.36. The molecule has 4 saturated carbocycles. The minimum atomic E-state index is -1.08. The number of carbonyl (C=O) groups is 2. The minimum absolute atomic E-state index is 0.0630. The van der Waals surface area contributed by atoms with Crippen LogP contribution in [-0.4, -0.2) is 58.2 Å². The van der Waals surface area contributed by atoms with Gasteiger partial charge in [-0.05, 0) is 105 Å². The highest BCUT2D eigenvalue weighted by atomic mass is 16.5. The summed E-state index contributed by atoms with van der Waals surface area (Å²) in [5, 5.41) is 32.8. The van der Waals surface area contributed by atoms with Crippen LogP contribution in [0.3, 0.4) is 0 Å². The van der Waals surface area contributed by atoms with Crippen molar-refractivity contribution < 1.29 is 29.6 Å². The SMILES string of the molecule is CC(=O)O[C@H]1C[C@@]2(C)[C@@H](C[C@@H](O)[C@H]3[C@@]4(C)CC[C@@H](O)[C@@H](N)[C@@H]4CC[C@@]32CN)/C1=C(\C=C\C=C(C)C)C(=O)O. The average Bonchev–Trinajstić information content (AvgIpc) is 3.09. The number of allylic oxidation sites excluding steroid dienone is 3. The van der Waals surface area contributed by atoms with E-state index in [4.69, 9.17) is 16.2 Å². The zero-order valence-corrected chi connectivity index (χ0v) is 23.4. The molecule has 0 bridgehead atoms. The van der Waals surface area contributed by atoms with Gasteiger partial charge in [0.15, 0.2) is 0 Å².